The van der Waals surface area contributed by atoms with Crippen LogP contribution in [0.1, 0.15) is 5.76 Å². The topological polar surface area (TPSA) is 92.0 Å². The molecule has 0 spiro atoms. The molecule has 0 amide bonds. The Morgan fingerprint density at radius 2 is 2.11 bits per heavy atom. The van der Waals surface area contributed by atoms with Crippen LogP contribution in [0.5, 0.6) is 0 Å². The van der Waals surface area contributed by atoms with E-state index in [1.807, 2.05) is 19.0 Å². The van der Waals surface area contributed by atoms with E-state index in [9.17, 15) is 8.42 Å². The van der Waals surface area contributed by atoms with Crippen molar-refractivity contribution in [3.05, 3.63) is 17.9 Å². The molecule has 0 aromatic carbocycles. The molecule has 0 radical (unpaired) electrons. The van der Waals surface area contributed by atoms with E-state index in [0.717, 1.165) is 6.54 Å². The highest BCUT2D eigenvalue weighted by atomic mass is 32.2. The molecule has 0 fully saturated rings. The van der Waals surface area contributed by atoms with Gasteiger partial charge in [0.2, 0.25) is 5.09 Å². The van der Waals surface area contributed by atoms with Crippen LogP contribution in [0.25, 0.3) is 0 Å². The van der Waals surface area contributed by atoms with Crippen LogP contribution in [0, 0.1) is 0 Å². The molecule has 8 heteroatoms. The van der Waals surface area contributed by atoms with Gasteiger partial charge < -0.3 is 19.2 Å². The van der Waals surface area contributed by atoms with Crippen molar-refractivity contribution < 1.29 is 22.7 Å². The highest BCUT2D eigenvalue weighted by Gasteiger charge is 2.17. The SMILES string of the molecule is CN(C)CCOCCNS(=O)(=O)c1ccc(CO)o1. The van der Waals surface area contributed by atoms with E-state index in [-0.39, 0.29) is 24.0 Å². The summed E-state index contributed by atoms with van der Waals surface area (Å²) in [6, 6.07) is 2.73. The largest absolute Gasteiger partial charge is 0.446 e. The van der Waals surface area contributed by atoms with E-state index in [1.54, 1.807) is 0 Å². The number of nitrogens with one attached hydrogen (secondary N) is 1. The van der Waals surface area contributed by atoms with Crippen molar-refractivity contribution in [2.24, 2.45) is 0 Å². The summed E-state index contributed by atoms with van der Waals surface area (Å²) < 4.78 is 36.1. The molecular weight excluding hydrogens is 272 g/mol. The zero-order valence-electron chi connectivity index (χ0n) is 11.1. The van der Waals surface area contributed by atoms with Crippen molar-refractivity contribution in [1.29, 1.82) is 0 Å². The number of aliphatic hydroxyl groups excluding tert-OH is 1. The third-order valence-electron chi connectivity index (χ3n) is 2.28. The van der Waals surface area contributed by atoms with Crippen molar-refractivity contribution in [1.82, 2.24) is 9.62 Å². The quantitative estimate of drug-likeness (QED) is 0.603. The molecule has 1 rings (SSSR count). The molecule has 0 aliphatic carbocycles. The minimum Gasteiger partial charge on any atom is -0.446 e. The van der Waals surface area contributed by atoms with E-state index in [1.165, 1.54) is 12.1 Å². The number of hydrogen-bond acceptors (Lipinski definition) is 6. The van der Waals surface area contributed by atoms with E-state index in [2.05, 4.69) is 4.72 Å². The molecule has 19 heavy (non-hydrogen) atoms. The van der Waals surface area contributed by atoms with Crippen LogP contribution in [-0.4, -0.2) is 58.8 Å². The van der Waals surface area contributed by atoms with Gasteiger partial charge in [0.25, 0.3) is 10.0 Å². The Morgan fingerprint density at radius 3 is 2.68 bits per heavy atom. The van der Waals surface area contributed by atoms with Crippen molar-refractivity contribution in [2.45, 2.75) is 11.7 Å². The van der Waals surface area contributed by atoms with E-state index < -0.39 is 10.0 Å². The number of nitrogens with zero attached hydrogens (tertiary/aromatic N) is 1. The standard InChI is InChI=1S/C11H20N2O5S/c1-13(2)6-8-17-7-5-12-19(15,16)11-4-3-10(9-14)18-11/h3-4,12,14H,5-9H2,1-2H3. The first-order valence-electron chi connectivity index (χ1n) is 5.87. The summed E-state index contributed by atoms with van der Waals surface area (Å²) in [5.41, 5.74) is 0. The average molecular weight is 292 g/mol. The lowest BCUT2D eigenvalue weighted by molar-refractivity contribution is 0.122. The second-order valence-electron chi connectivity index (χ2n) is 4.19. The molecule has 1 aromatic rings. The maximum atomic E-state index is 11.8. The molecular formula is C11H20N2O5S. The summed E-state index contributed by atoms with van der Waals surface area (Å²) in [7, 11) is 0.193. The second kappa shape index (κ2) is 7.61. The number of sulfonamides is 1. The Morgan fingerprint density at radius 1 is 1.37 bits per heavy atom. The van der Waals surface area contributed by atoms with Gasteiger partial charge in [-0.1, -0.05) is 0 Å². The Labute approximate surface area is 113 Å². The van der Waals surface area contributed by atoms with Gasteiger partial charge in [-0.15, -0.1) is 0 Å². The molecule has 0 aliphatic heterocycles. The smallest absolute Gasteiger partial charge is 0.274 e. The van der Waals surface area contributed by atoms with Gasteiger partial charge in [-0.25, -0.2) is 13.1 Å². The maximum absolute atomic E-state index is 11.8. The van der Waals surface area contributed by atoms with Gasteiger partial charge in [-0.3, -0.25) is 0 Å². The predicted molar refractivity (Wildman–Crippen MR) is 69.2 cm³/mol. The summed E-state index contributed by atoms with van der Waals surface area (Å²) in [5, 5.41) is 8.60. The number of hydrogen-bond donors (Lipinski definition) is 2. The fourth-order valence-corrected chi connectivity index (χ4v) is 2.21. The summed E-state index contributed by atoms with van der Waals surface area (Å²) in [4.78, 5) is 1.98. The van der Waals surface area contributed by atoms with E-state index >= 15 is 0 Å². The van der Waals surface area contributed by atoms with Crippen LogP contribution in [0.2, 0.25) is 0 Å². The van der Waals surface area contributed by atoms with Crippen molar-refractivity contribution in [3.8, 4) is 0 Å². The Kier molecular flexibility index (Phi) is 6.46. The van der Waals surface area contributed by atoms with Gasteiger partial charge in [0.1, 0.15) is 12.4 Å². The lowest BCUT2D eigenvalue weighted by atomic mass is 10.5. The van der Waals surface area contributed by atoms with Gasteiger partial charge in [0.15, 0.2) is 0 Å². The van der Waals surface area contributed by atoms with Crippen molar-refractivity contribution in [2.75, 3.05) is 40.4 Å². The summed E-state index contributed by atoms with van der Waals surface area (Å²) in [5.74, 6) is 0.211. The molecule has 0 bridgehead atoms. The first kappa shape index (κ1) is 16.1. The van der Waals surface area contributed by atoms with Gasteiger partial charge in [0.05, 0.1) is 13.2 Å². The van der Waals surface area contributed by atoms with Gasteiger partial charge >= 0.3 is 0 Å². The third-order valence-corrected chi connectivity index (χ3v) is 3.61. The number of aliphatic hydroxyl groups is 1. The number of likely N-dealkylation sites (N-methyl/N-ethyl adjacent to an activating group) is 1. The monoisotopic (exact) mass is 292 g/mol. The van der Waals surface area contributed by atoms with Crippen LogP contribution in [0.15, 0.2) is 21.6 Å². The molecule has 7 nitrogen and oxygen atoms in total. The van der Waals surface area contributed by atoms with Gasteiger partial charge in [-0.05, 0) is 26.2 Å². The van der Waals surface area contributed by atoms with Crippen LogP contribution < -0.4 is 4.72 Å². The lowest BCUT2D eigenvalue weighted by Gasteiger charge is -2.10. The first-order valence-corrected chi connectivity index (χ1v) is 7.36. The van der Waals surface area contributed by atoms with Crippen LogP contribution >= 0.6 is 0 Å². The van der Waals surface area contributed by atoms with Gasteiger partial charge in [0, 0.05) is 13.1 Å². The van der Waals surface area contributed by atoms with Crippen LogP contribution in [-0.2, 0) is 21.4 Å². The first-order chi connectivity index (χ1) is 8.95. The Hall–Kier alpha value is -0.930. The van der Waals surface area contributed by atoms with Crippen molar-refractivity contribution in [3.63, 3.8) is 0 Å². The summed E-state index contributed by atoms with van der Waals surface area (Å²) in [6.45, 7) is 1.46. The average Bonchev–Trinajstić information content (AvgIpc) is 2.82. The molecule has 1 heterocycles. The molecule has 0 unspecified atom stereocenters. The molecule has 110 valence electrons. The number of ether oxygens (including phenoxy) is 1. The molecule has 0 saturated heterocycles. The third kappa shape index (κ3) is 5.70. The Bertz CT molecular complexity index is 469. The normalized spacial score (nSPS) is 12.2. The second-order valence-corrected chi connectivity index (χ2v) is 5.89. The Balaban J connectivity index is 2.31. The highest BCUT2D eigenvalue weighted by Crippen LogP contribution is 2.13. The van der Waals surface area contributed by atoms with E-state index in [0.29, 0.717) is 13.2 Å². The lowest BCUT2D eigenvalue weighted by Crippen LogP contribution is -2.28. The predicted octanol–water partition coefficient (Wildman–Crippen LogP) is -0.372. The molecule has 0 aliphatic rings. The molecule has 0 saturated carbocycles. The number of furan rings is 1. The minimum absolute atomic E-state index is 0.172. The van der Waals surface area contributed by atoms with Gasteiger partial charge in [-0.2, -0.15) is 0 Å². The number of rotatable bonds is 9. The summed E-state index contributed by atoms with van der Waals surface area (Å²) >= 11 is 0. The maximum Gasteiger partial charge on any atom is 0.274 e. The van der Waals surface area contributed by atoms with Crippen LogP contribution in [0.4, 0.5) is 0 Å². The highest BCUT2D eigenvalue weighted by molar-refractivity contribution is 7.89. The minimum atomic E-state index is -3.67. The van der Waals surface area contributed by atoms with E-state index in [4.69, 9.17) is 14.3 Å². The fraction of sp³-hybridized carbons (Fsp3) is 0.636. The fourth-order valence-electron chi connectivity index (χ4n) is 1.26. The molecule has 0 atom stereocenters. The van der Waals surface area contributed by atoms with Crippen molar-refractivity contribution >= 4 is 10.0 Å². The van der Waals surface area contributed by atoms with Crippen LogP contribution in [0.3, 0.4) is 0 Å². The zero-order valence-corrected chi connectivity index (χ0v) is 11.9. The molecule has 2 N–H and O–H groups in total. The molecule has 1 aromatic heterocycles. The zero-order chi connectivity index (χ0) is 14.3. The summed E-state index contributed by atoms with van der Waals surface area (Å²) in [6.07, 6.45) is 0.